The van der Waals surface area contributed by atoms with E-state index in [1.807, 2.05) is 13.0 Å². The number of aryl methyl sites for hydroxylation is 1. The summed E-state index contributed by atoms with van der Waals surface area (Å²) in [5.74, 6) is 0.107. The number of fused-ring (bicyclic) bond motifs is 1. The first kappa shape index (κ1) is 15.9. The molecule has 0 saturated carbocycles. The van der Waals surface area contributed by atoms with Crippen LogP contribution in [0.25, 0.3) is 5.65 Å². The minimum absolute atomic E-state index is 0.107. The molecule has 0 radical (unpaired) electrons. The average molecular weight is 340 g/mol. The van der Waals surface area contributed by atoms with Crippen molar-refractivity contribution in [3.63, 3.8) is 0 Å². The summed E-state index contributed by atoms with van der Waals surface area (Å²) in [4.78, 5) is 27.2. The smallest absolute Gasteiger partial charge is 0.272 e. The van der Waals surface area contributed by atoms with Crippen LogP contribution in [0.15, 0.2) is 35.5 Å². The molecular weight excluding hydrogens is 320 g/mol. The molecule has 0 unspecified atom stereocenters. The molecule has 0 bridgehead atoms. The SMILES string of the molecule is Cc1cc2nc(CN3C[C@@H](Cc4cnccn4)[C@H](O)C3)cc(=O)n2[nH]1. The van der Waals surface area contributed by atoms with Crippen molar-refractivity contribution in [3.05, 3.63) is 58.2 Å². The van der Waals surface area contributed by atoms with Gasteiger partial charge >= 0.3 is 0 Å². The fourth-order valence-corrected chi connectivity index (χ4v) is 3.45. The van der Waals surface area contributed by atoms with Crippen molar-refractivity contribution in [2.24, 2.45) is 5.92 Å². The van der Waals surface area contributed by atoms with Crippen molar-refractivity contribution < 1.29 is 5.11 Å². The van der Waals surface area contributed by atoms with Gasteiger partial charge in [-0.2, -0.15) is 0 Å². The predicted molar refractivity (Wildman–Crippen MR) is 91.1 cm³/mol. The fraction of sp³-hybridized carbons (Fsp3) is 0.412. The molecule has 0 aromatic carbocycles. The normalized spacial score (nSPS) is 21.2. The molecule has 8 heteroatoms. The first-order valence-corrected chi connectivity index (χ1v) is 8.32. The molecule has 3 aromatic rings. The molecule has 0 spiro atoms. The second kappa shape index (κ2) is 6.38. The van der Waals surface area contributed by atoms with Crippen molar-refractivity contribution >= 4 is 5.65 Å². The minimum atomic E-state index is -0.415. The van der Waals surface area contributed by atoms with Gasteiger partial charge in [-0.3, -0.25) is 24.8 Å². The lowest BCUT2D eigenvalue weighted by molar-refractivity contribution is 0.140. The Labute approximate surface area is 144 Å². The molecule has 25 heavy (non-hydrogen) atoms. The Morgan fingerprint density at radius 3 is 2.96 bits per heavy atom. The molecule has 4 rings (SSSR count). The van der Waals surface area contributed by atoms with E-state index in [4.69, 9.17) is 0 Å². The Balaban J connectivity index is 1.47. The molecule has 0 amide bonds. The number of aromatic nitrogens is 5. The molecule has 3 aromatic heterocycles. The molecule has 0 aliphatic carbocycles. The summed E-state index contributed by atoms with van der Waals surface area (Å²) in [5, 5.41) is 13.3. The van der Waals surface area contributed by atoms with Gasteiger partial charge in [-0.1, -0.05) is 0 Å². The largest absolute Gasteiger partial charge is 0.391 e. The van der Waals surface area contributed by atoms with Crippen LogP contribution >= 0.6 is 0 Å². The van der Waals surface area contributed by atoms with Gasteiger partial charge in [0.05, 0.1) is 17.5 Å². The Kier molecular flexibility index (Phi) is 4.06. The lowest BCUT2D eigenvalue weighted by atomic mass is 10.0. The van der Waals surface area contributed by atoms with E-state index < -0.39 is 6.10 Å². The highest BCUT2D eigenvalue weighted by Gasteiger charge is 2.31. The highest BCUT2D eigenvalue weighted by Crippen LogP contribution is 2.22. The number of nitrogens with one attached hydrogen (secondary N) is 1. The van der Waals surface area contributed by atoms with Gasteiger partial charge in [0.15, 0.2) is 5.65 Å². The molecular formula is C17H20N6O2. The number of hydrogen-bond acceptors (Lipinski definition) is 6. The van der Waals surface area contributed by atoms with Gasteiger partial charge in [0.1, 0.15) is 0 Å². The van der Waals surface area contributed by atoms with E-state index in [-0.39, 0.29) is 11.5 Å². The van der Waals surface area contributed by atoms with Crippen molar-refractivity contribution in [2.75, 3.05) is 13.1 Å². The van der Waals surface area contributed by atoms with Crippen LogP contribution in [0.3, 0.4) is 0 Å². The molecule has 1 aliphatic heterocycles. The van der Waals surface area contributed by atoms with E-state index in [1.54, 1.807) is 24.7 Å². The zero-order valence-corrected chi connectivity index (χ0v) is 14.0. The molecule has 8 nitrogen and oxygen atoms in total. The monoisotopic (exact) mass is 340 g/mol. The third kappa shape index (κ3) is 3.31. The van der Waals surface area contributed by atoms with Crippen LogP contribution < -0.4 is 5.56 Å². The first-order chi connectivity index (χ1) is 12.1. The second-order valence-corrected chi connectivity index (χ2v) is 6.64. The highest BCUT2D eigenvalue weighted by atomic mass is 16.3. The van der Waals surface area contributed by atoms with Gasteiger partial charge in [-0.05, 0) is 13.3 Å². The lowest BCUT2D eigenvalue weighted by Crippen LogP contribution is -2.24. The number of nitrogens with zero attached hydrogens (tertiary/aromatic N) is 5. The summed E-state index contributed by atoms with van der Waals surface area (Å²) < 4.78 is 1.44. The predicted octanol–water partition coefficient (Wildman–Crippen LogP) is 0.156. The van der Waals surface area contributed by atoms with Crippen LogP contribution in [0.5, 0.6) is 0 Å². The van der Waals surface area contributed by atoms with Crippen LogP contribution in [-0.2, 0) is 13.0 Å². The Morgan fingerprint density at radius 2 is 2.16 bits per heavy atom. The van der Waals surface area contributed by atoms with E-state index in [1.165, 1.54) is 4.52 Å². The van der Waals surface area contributed by atoms with Crippen LogP contribution in [0.2, 0.25) is 0 Å². The zero-order chi connectivity index (χ0) is 17.4. The van der Waals surface area contributed by atoms with Crippen LogP contribution in [-0.4, -0.2) is 53.8 Å². The molecule has 130 valence electrons. The number of rotatable bonds is 4. The maximum atomic E-state index is 12.2. The van der Waals surface area contributed by atoms with Gasteiger partial charge in [-0.15, -0.1) is 0 Å². The quantitative estimate of drug-likeness (QED) is 0.702. The molecule has 1 aliphatic rings. The Morgan fingerprint density at radius 1 is 1.28 bits per heavy atom. The second-order valence-electron chi connectivity index (χ2n) is 6.64. The van der Waals surface area contributed by atoms with Gasteiger partial charge < -0.3 is 5.11 Å². The van der Waals surface area contributed by atoms with Crippen LogP contribution in [0.4, 0.5) is 0 Å². The van der Waals surface area contributed by atoms with E-state index in [2.05, 4.69) is 25.0 Å². The van der Waals surface area contributed by atoms with E-state index in [0.29, 0.717) is 25.2 Å². The van der Waals surface area contributed by atoms with Crippen molar-refractivity contribution in [1.82, 2.24) is 29.5 Å². The summed E-state index contributed by atoms with van der Waals surface area (Å²) >= 11 is 0. The summed E-state index contributed by atoms with van der Waals surface area (Å²) in [7, 11) is 0. The van der Waals surface area contributed by atoms with Gasteiger partial charge in [0, 0.05) is 62.0 Å². The summed E-state index contributed by atoms with van der Waals surface area (Å²) in [6.45, 7) is 3.74. The number of aliphatic hydroxyl groups excluding tert-OH is 1. The van der Waals surface area contributed by atoms with E-state index in [9.17, 15) is 9.90 Å². The Hall–Kier alpha value is -2.58. The third-order valence-electron chi connectivity index (χ3n) is 4.59. The fourth-order valence-electron chi connectivity index (χ4n) is 3.45. The van der Waals surface area contributed by atoms with E-state index >= 15 is 0 Å². The van der Waals surface area contributed by atoms with Crippen molar-refractivity contribution in [2.45, 2.75) is 26.0 Å². The number of aromatic amines is 1. The summed E-state index contributed by atoms with van der Waals surface area (Å²) in [5.41, 5.74) is 2.99. The molecule has 1 saturated heterocycles. The number of likely N-dealkylation sites (tertiary alicyclic amines) is 1. The molecule has 2 N–H and O–H groups in total. The van der Waals surface area contributed by atoms with Gasteiger partial charge in [0.2, 0.25) is 0 Å². The topological polar surface area (TPSA) is 99.4 Å². The highest BCUT2D eigenvalue weighted by molar-refractivity contribution is 5.39. The van der Waals surface area contributed by atoms with Crippen LogP contribution in [0.1, 0.15) is 17.1 Å². The number of H-pyrrole nitrogens is 1. The Bertz CT molecular complexity index is 935. The molecule has 2 atom stereocenters. The number of aliphatic hydroxyl groups is 1. The standard InChI is InChI=1S/C17H20N6O2/c1-11-4-16-20-14(6-17(25)23(16)21-11)9-22-8-12(15(24)10-22)5-13-7-18-2-3-19-13/h2-4,6-7,12,15,21,24H,5,8-10H2,1H3/t12-,15-/m1/s1. The van der Waals surface area contributed by atoms with E-state index in [0.717, 1.165) is 23.6 Å². The summed E-state index contributed by atoms with van der Waals surface area (Å²) in [6, 6.07) is 3.39. The number of hydrogen-bond donors (Lipinski definition) is 2. The van der Waals surface area contributed by atoms with Crippen molar-refractivity contribution in [3.8, 4) is 0 Å². The van der Waals surface area contributed by atoms with Crippen LogP contribution in [0, 0.1) is 12.8 Å². The zero-order valence-electron chi connectivity index (χ0n) is 14.0. The van der Waals surface area contributed by atoms with Gasteiger partial charge in [-0.25, -0.2) is 9.50 Å². The maximum Gasteiger partial charge on any atom is 0.272 e. The first-order valence-electron chi connectivity index (χ1n) is 8.32. The van der Waals surface area contributed by atoms with Crippen molar-refractivity contribution in [1.29, 1.82) is 0 Å². The average Bonchev–Trinajstić information content (AvgIpc) is 3.11. The minimum Gasteiger partial charge on any atom is -0.391 e. The molecule has 4 heterocycles. The molecule has 1 fully saturated rings. The third-order valence-corrected chi connectivity index (χ3v) is 4.59. The summed E-state index contributed by atoms with van der Waals surface area (Å²) in [6.07, 6.45) is 5.32. The van der Waals surface area contributed by atoms with Gasteiger partial charge in [0.25, 0.3) is 5.56 Å². The number of β-amino-alcohol motifs (C(OH)–C–C–N with tert-alkyl or cyclic N) is 1. The maximum absolute atomic E-state index is 12.2. The lowest BCUT2D eigenvalue weighted by Gasteiger charge is -2.14.